The lowest BCUT2D eigenvalue weighted by Gasteiger charge is -2.30. The Balaban J connectivity index is 1.54. The fraction of sp³-hybridized carbons (Fsp3) is 0. The minimum absolute atomic E-state index is 1.09. The fourth-order valence-electron chi connectivity index (χ4n) is 7.59. The number of nitrogens with zero attached hydrogens (tertiary/aromatic N) is 4. The van der Waals surface area contributed by atoms with Gasteiger partial charge in [-0.15, -0.1) is 0 Å². The Labute approximate surface area is 265 Å². The van der Waals surface area contributed by atoms with Crippen LogP contribution in [0.5, 0.6) is 0 Å². The third-order valence-corrected chi connectivity index (χ3v) is 9.46. The Bertz CT molecular complexity index is 2470. The van der Waals surface area contributed by atoms with Crippen molar-refractivity contribution >= 4 is 43.6 Å². The Morgan fingerprint density at radius 1 is 0.370 bits per heavy atom. The molecule has 2 aromatic heterocycles. The van der Waals surface area contributed by atoms with Gasteiger partial charge in [0.25, 0.3) is 0 Å². The van der Waals surface area contributed by atoms with E-state index in [1.165, 1.54) is 77.0 Å². The van der Waals surface area contributed by atoms with Crippen molar-refractivity contribution in [1.29, 1.82) is 0 Å². The zero-order valence-electron chi connectivity index (χ0n) is 24.8. The lowest BCUT2D eigenvalue weighted by molar-refractivity contribution is 1.12. The van der Waals surface area contributed by atoms with Crippen molar-refractivity contribution in [2.45, 2.75) is 0 Å². The zero-order valence-corrected chi connectivity index (χ0v) is 24.8. The molecule has 2 aliphatic rings. The molecule has 0 spiro atoms. The molecular formula is C42H26N4. The Kier molecular flexibility index (Phi) is 5.25. The molecule has 2 aliphatic heterocycles. The van der Waals surface area contributed by atoms with Gasteiger partial charge in [-0.05, 0) is 58.3 Å². The highest BCUT2D eigenvalue weighted by Gasteiger charge is 2.29. The first kappa shape index (κ1) is 25.1. The van der Waals surface area contributed by atoms with Crippen molar-refractivity contribution in [3.8, 4) is 44.8 Å². The summed E-state index contributed by atoms with van der Waals surface area (Å²) in [5.74, 6) is 0. The fourth-order valence-corrected chi connectivity index (χ4v) is 7.59. The Morgan fingerprint density at radius 2 is 0.761 bits per heavy atom. The molecule has 8 aromatic rings. The molecule has 214 valence electrons. The SMILES string of the molecule is c1ccc(-c2ccc3ccc4c5c3c2n(-c2ccncc2)c2ccc3ccc(-c6ccccc6)c(c3c2-5)n4-c2ccncc2)cc1. The summed E-state index contributed by atoms with van der Waals surface area (Å²) in [5, 5.41) is 4.94. The summed E-state index contributed by atoms with van der Waals surface area (Å²) in [6.07, 6.45) is 7.56. The normalized spacial score (nSPS) is 11.9. The second-order valence-corrected chi connectivity index (χ2v) is 11.9. The highest BCUT2D eigenvalue weighted by Crippen LogP contribution is 2.52. The molecular weight excluding hydrogens is 560 g/mol. The van der Waals surface area contributed by atoms with Crippen LogP contribution in [0.15, 0.2) is 158 Å². The smallest absolute Gasteiger partial charge is 0.0625 e. The number of aromatic nitrogens is 4. The predicted octanol–water partition coefficient (Wildman–Crippen LogP) is 10.5. The summed E-state index contributed by atoms with van der Waals surface area (Å²) < 4.78 is 4.91. The number of hydrogen-bond acceptors (Lipinski definition) is 2. The van der Waals surface area contributed by atoms with Gasteiger partial charge in [0.2, 0.25) is 0 Å². The van der Waals surface area contributed by atoms with Crippen LogP contribution in [0.3, 0.4) is 0 Å². The lowest BCUT2D eigenvalue weighted by Crippen LogP contribution is -2.11. The molecule has 0 bridgehead atoms. The van der Waals surface area contributed by atoms with E-state index in [-0.39, 0.29) is 0 Å². The molecule has 10 rings (SSSR count). The van der Waals surface area contributed by atoms with Crippen molar-refractivity contribution in [2.75, 3.05) is 0 Å². The molecule has 0 N–H and O–H groups in total. The summed E-state index contributed by atoms with van der Waals surface area (Å²) in [6, 6.07) is 48.3. The maximum Gasteiger partial charge on any atom is 0.0625 e. The number of hydrogen-bond donors (Lipinski definition) is 0. The third kappa shape index (κ3) is 3.44. The lowest BCUT2D eigenvalue weighted by atomic mass is 9.84. The second kappa shape index (κ2) is 9.62. The van der Waals surface area contributed by atoms with Crippen molar-refractivity contribution in [1.82, 2.24) is 19.1 Å². The van der Waals surface area contributed by atoms with E-state index < -0.39 is 0 Å². The van der Waals surface area contributed by atoms with Crippen LogP contribution in [0.1, 0.15) is 0 Å². The minimum atomic E-state index is 1.09. The van der Waals surface area contributed by atoms with E-state index >= 15 is 0 Å². The van der Waals surface area contributed by atoms with Crippen molar-refractivity contribution in [3.05, 3.63) is 158 Å². The van der Waals surface area contributed by atoms with Gasteiger partial charge >= 0.3 is 0 Å². The van der Waals surface area contributed by atoms with Gasteiger partial charge in [-0.3, -0.25) is 9.97 Å². The van der Waals surface area contributed by atoms with Gasteiger partial charge in [-0.25, -0.2) is 0 Å². The first-order valence-electron chi connectivity index (χ1n) is 15.6. The first-order chi connectivity index (χ1) is 22.9. The van der Waals surface area contributed by atoms with Crippen LogP contribution in [0.4, 0.5) is 0 Å². The molecule has 0 atom stereocenters. The largest absolute Gasteiger partial charge is 0.308 e. The van der Waals surface area contributed by atoms with E-state index in [1.54, 1.807) is 0 Å². The summed E-state index contributed by atoms with van der Waals surface area (Å²) in [7, 11) is 0. The number of rotatable bonds is 4. The molecule has 0 aliphatic carbocycles. The number of pyridine rings is 4. The van der Waals surface area contributed by atoms with Crippen LogP contribution in [0.2, 0.25) is 0 Å². The average molecular weight is 587 g/mol. The molecule has 0 saturated heterocycles. The van der Waals surface area contributed by atoms with Gasteiger partial charge in [-0.1, -0.05) is 97.1 Å². The molecule has 4 nitrogen and oxygen atoms in total. The number of benzene rings is 6. The van der Waals surface area contributed by atoms with Crippen LogP contribution in [0.25, 0.3) is 88.4 Å². The Hall–Kier alpha value is -6.26. The Morgan fingerprint density at radius 3 is 1.17 bits per heavy atom. The summed E-state index contributed by atoms with van der Waals surface area (Å²) in [4.78, 5) is 8.79. The van der Waals surface area contributed by atoms with Gasteiger partial charge in [0, 0.05) is 69.2 Å². The molecule has 0 amide bonds. The highest BCUT2D eigenvalue weighted by molar-refractivity contribution is 6.29. The van der Waals surface area contributed by atoms with E-state index in [1.807, 2.05) is 24.8 Å². The van der Waals surface area contributed by atoms with Gasteiger partial charge in [0.1, 0.15) is 0 Å². The second-order valence-electron chi connectivity index (χ2n) is 11.9. The standard InChI is InChI=1S/C42H26N4/c1-3-7-27(8-4-1)33-15-11-29-13-18-36-39-37(29)41(33)45(31-19-23-43-24-20-31)35-17-14-30-12-16-34(28-9-5-2-6-10-28)42(38(30)40(35)39)46(36)32-21-25-44-26-22-32/h1-26H. The van der Waals surface area contributed by atoms with Crippen LogP contribution in [0, 0.1) is 0 Å². The van der Waals surface area contributed by atoms with Crippen LogP contribution in [-0.2, 0) is 0 Å². The van der Waals surface area contributed by atoms with Crippen molar-refractivity contribution < 1.29 is 0 Å². The van der Waals surface area contributed by atoms with Crippen LogP contribution >= 0.6 is 0 Å². The summed E-state index contributed by atoms with van der Waals surface area (Å²) in [6.45, 7) is 0. The molecule has 6 aromatic carbocycles. The van der Waals surface area contributed by atoms with Gasteiger partial charge < -0.3 is 9.13 Å². The van der Waals surface area contributed by atoms with E-state index in [0.29, 0.717) is 0 Å². The van der Waals surface area contributed by atoms with Gasteiger partial charge in [0.15, 0.2) is 0 Å². The quantitative estimate of drug-likeness (QED) is 0.152. The molecule has 0 unspecified atom stereocenters. The maximum absolute atomic E-state index is 4.39. The topological polar surface area (TPSA) is 35.6 Å². The maximum atomic E-state index is 4.39. The average Bonchev–Trinajstić information content (AvgIpc) is 3.14. The zero-order chi connectivity index (χ0) is 30.2. The molecule has 4 heteroatoms. The van der Waals surface area contributed by atoms with Gasteiger partial charge in [-0.2, -0.15) is 0 Å². The molecule has 4 heterocycles. The van der Waals surface area contributed by atoms with Gasteiger partial charge in [0.05, 0.1) is 22.1 Å². The molecule has 0 radical (unpaired) electrons. The molecule has 46 heavy (non-hydrogen) atoms. The van der Waals surface area contributed by atoms with E-state index in [0.717, 1.165) is 11.4 Å². The van der Waals surface area contributed by atoms with E-state index in [4.69, 9.17) is 0 Å². The summed E-state index contributed by atoms with van der Waals surface area (Å²) >= 11 is 0. The van der Waals surface area contributed by atoms with E-state index in [2.05, 4.69) is 153 Å². The van der Waals surface area contributed by atoms with Crippen molar-refractivity contribution in [3.63, 3.8) is 0 Å². The third-order valence-electron chi connectivity index (χ3n) is 9.46. The highest BCUT2D eigenvalue weighted by atomic mass is 15.0. The first-order valence-corrected chi connectivity index (χ1v) is 15.6. The summed E-state index contributed by atoms with van der Waals surface area (Å²) in [5.41, 5.74) is 14.2. The van der Waals surface area contributed by atoms with E-state index in [9.17, 15) is 0 Å². The van der Waals surface area contributed by atoms with Crippen LogP contribution < -0.4 is 0 Å². The molecule has 0 saturated carbocycles. The van der Waals surface area contributed by atoms with Crippen molar-refractivity contribution in [2.24, 2.45) is 0 Å². The molecule has 0 fully saturated rings. The van der Waals surface area contributed by atoms with Crippen LogP contribution in [-0.4, -0.2) is 19.1 Å². The predicted molar refractivity (Wildman–Crippen MR) is 189 cm³/mol. The monoisotopic (exact) mass is 586 g/mol. The minimum Gasteiger partial charge on any atom is -0.308 e.